The van der Waals surface area contributed by atoms with Crippen LogP contribution in [0, 0.1) is 5.92 Å². The van der Waals surface area contributed by atoms with Crippen molar-refractivity contribution in [3.8, 4) is 0 Å². The number of rotatable bonds is 3. The summed E-state index contributed by atoms with van der Waals surface area (Å²) in [7, 11) is 1.34. The van der Waals surface area contributed by atoms with E-state index in [9.17, 15) is 9.59 Å². The molecule has 0 radical (unpaired) electrons. The van der Waals surface area contributed by atoms with E-state index in [1.807, 2.05) is 0 Å². The average Bonchev–Trinajstić information content (AvgIpc) is 2.71. The number of anilines is 1. The van der Waals surface area contributed by atoms with Crippen LogP contribution in [0.1, 0.15) is 42.5 Å². The highest BCUT2D eigenvalue weighted by Gasteiger charge is 2.26. The van der Waals surface area contributed by atoms with E-state index in [4.69, 9.17) is 5.73 Å². The fraction of sp³-hybridized carbons (Fsp3) is 0.500. The molecule has 114 valence electrons. The Kier molecular flexibility index (Phi) is 5.33. The summed E-state index contributed by atoms with van der Waals surface area (Å²) in [6.45, 7) is 0. The Labute approximate surface area is 124 Å². The Morgan fingerprint density at radius 2 is 1.81 bits per heavy atom. The highest BCUT2D eigenvalue weighted by Crippen LogP contribution is 2.23. The maximum Gasteiger partial charge on any atom is 0.337 e. The summed E-state index contributed by atoms with van der Waals surface area (Å²) < 4.78 is 4.64. The number of nitrogens with two attached hydrogens (primary N) is 1. The number of carbonyl (C=O) groups excluding carboxylic acids is 2. The largest absolute Gasteiger partial charge is 0.465 e. The zero-order valence-corrected chi connectivity index (χ0v) is 12.3. The number of ether oxygens (including phenoxy) is 1. The first-order chi connectivity index (χ1) is 10.1. The third-order valence-electron chi connectivity index (χ3n) is 3.98. The molecule has 0 saturated heterocycles. The number of nitrogens with one attached hydrogen (secondary N) is 1. The fourth-order valence-corrected chi connectivity index (χ4v) is 2.70. The quantitative estimate of drug-likeness (QED) is 0.661. The number of amides is 1. The summed E-state index contributed by atoms with van der Waals surface area (Å²) >= 11 is 0. The van der Waals surface area contributed by atoms with Crippen molar-refractivity contribution >= 4 is 17.6 Å². The Hall–Kier alpha value is -1.88. The minimum absolute atomic E-state index is 0.0322. The van der Waals surface area contributed by atoms with Crippen LogP contribution in [0.5, 0.6) is 0 Å². The Bertz CT molecular complexity index is 499. The molecular formula is C16H22N2O3. The molecule has 1 aromatic carbocycles. The van der Waals surface area contributed by atoms with Crippen molar-refractivity contribution in [2.24, 2.45) is 11.7 Å². The van der Waals surface area contributed by atoms with Gasteiger partial charge in [-0.3, -0.25) is 4.79 Å². The highest BCUT2D eigenvalue weighted by atomic mass is 16.5. The van der Waals surface area contributed by atoms with Gasteiger partial charge in [0.25, 0.3) is 0 Å². The summed E-state index contributed by atoms with van der Waals surface area (Å²) in [6.07, 6.45) is 5.03. The van der Waals surface area contributed by atoms with Gasteiger partial charge in [-0.2, -0.15) is 0 Å². The van der Waals surface area contributed by atoms with Gasteiger partial charge in [0.1, 0.15) is 0 Å². The first kappa shape index (κ1) is 15.5. The lowest BCUT2D eigenvalue weighted by atomic mass is 9.94. The number of esters is 1. The molecule has 0 bridgehead atoms. The highest BCUT2D eigenvalue weighted by molar-refractivity contribution is 5.94. The van der Waals surface area contributed by atoms with E-state index < -0.39 is 5.97 Å². The SMILES string of the molecule is COC(=O)c1ccc(NC(=O)C2CCCCCC2N)cc1. The van der Waals surface area contributed by atoms with E-state index in [1.165, 1.54) is 7.11 Å². The number of hydrogen-bond donors (Lipinski definition) is 2. The van der Waals surface area contributed by atoms with Crippen molar-refractivity contribution in [1.29, 1.82) is 0 Å². The summed E-state index contributed by atoms with van der Waals surface area (Å²) in [5, 5.41) is 2.88. The van der Waals surface area contributed by atoms with Crippen LogP contribution in [0.25, 0.3) is 0 Å². The zero-order chi connectivity index (χ0) is 15.2. The number of carbonyl (C=O) groups is 2. The maximum absolute atomic E-state index is 12.3. The number of benzene rings is 1. The molecule has 2 unspecified atom stereocenters. The first-order valence-electron chi connectivity index (χ1n) is 7.36. The summed E-state index contributed by atoms with van der Waals surface area (Å²) in [5.74, 6) is -0.554. The molecule has 21 heavy (non-hydrogen) atoms. The minimum Gasteiger partial charge on any atom is -0.465 e. The second-order valence-corrected chi connectivity index (χ2v) is 5.47. The molecule has 0 spiro atoms. The first-order valence-corrected chi connectivity index (χ1v) is 7.36. The van der Waals surface area contributed by atoms with Gasteiger partial charge in [0.2, 0.25) is 5.91 Å². The topological polar surface area (TPSA) is 81.4 Å². The standard InChI is InChI=1S/C16H22N2O3/c1-21-16(20)11-7-9-12(10-8-11)18-15(19)13-5-3-2-4-6-14(13)17/h7-10,13-14H,2-6,17H2,1H3,(H,18,19). The average molecular weight is 290 g/mol. The second kappa shape index (κ2) is 7.22. The van der Waals surface area contributed by atoms with Gasteiger partial charge < -0.3 is 15.8 Å². The van der Waals surface area contributed by atoms with E-state index >= 15 is 0 Å². The maximum atomic E-state index is 12.3. The van der Waals surface area contributed by atoms with Crippen LogP contribution in [0.2, 0.25) is 0 Å². The lowest BCUT2D eigenvalue weighted by molar-refractivity contribution is -0.120. The van der Waals surface area contributed by atoms with E-state index in [-0.39, 0.29) is 17.9 Å². The van der Waals surface area contributed by atoms with E-state index in [0.29, 0.717) is 11.3 Å². The molecule has 1 aliphatic rings. The van der Waals surface area contributed by atoms with Crippen molar-refractivity contribution in [2.45, 2.75) is 38.1 Å². The predicted octanol–water partition coefficient (Wildman–Crippen LogP) is 2.32. The minimum atomic E-state index is -0.390. The lowest BCUT2D eigenvalue weighted by Crippen LogP contribution is -2.37. The van der Waals surface area contributed by atoms with Crippen LogP contribution in [-0.4, -0.2) is 25.0 Å². The van der Waals surface area contributed by atoms with Crippen LogP contribution in [0.15, 0.2) is 24.3 Å². The van der Waals surface area contributed by atoms with Gasteiger partial charge in [-0.25, -0.2) is 4.79 Å². The third-order valence-corrected chi connectivity index (χ3v) is 3.98. The summed E-state index contributed by atoms with van der Waals surface area (Å²) in [6, 6.07) is 6.60. The van der Waals surface area contributed by atoms with Crippen molar-refractivity contribution in [3.63, 3.8) is 0 Å². The molecule has 1 fully saturated rings. The van der Waals surface area contributed by atoms with E-state index in [2.05, 4.69) is 10.1 Å². The van der Waals surface area contributed by atoms with Gasteiger partial charge in [0.05, 0.1) is 18.6 Å². The molecule has 1 saturated carbocycles. The van der Waals surface area contributed by atoms with Gasteiger partial charge in [-0.15, -0.1) is 0 Å². The Balaban J connectivity index is 2.00. The molecule has 0 heterocycles. The van der Waals surface area contributed by atoms with Crippen molar-refractivity contribution in [1.82, 2.24) is 0 Å². The predicted molar refractivity (Wildman–Crippen MR) is 81.0 cm³/mol. The van der Waals surface area contributed by atoms with E-state index in [0.717, 1.165) is 32.1 Å². The van der Waals surface area contributed by atoms with E-state index in [1.54, 1.807) is 24.3 Å². The fourth-order valence-electron chi connectivity index (χ4n) is 2.70. The molecule has 2 atom stereocenters. The van der Waals surface area contributed by atoms with Crippen molar-refractivity contribution in [2.75, 3.05) is 12.4 Å². The molecule has 1 amide bonds. The van der Waals surface area contributed by atoms with Crippen molar-refractivity contribution in [3.05, 3.63) is 29.8 Å². The molecule has 5 heteroatoms. The second-order valence-electron chi connectivity index (χ2n) is 5.47. The zero-order valence-electron chi connectivity index (χ0n) is 12.3. The molecule has 1 aliphatic carbocycles. The van der Waals surface area contributed by atoms with Crippen LogP contribution < -0.4 is 11.1 Å². The van der Waals surface area contributed by atoms with Crippen LogP contribution >= 0.6 is 0 Å². The number of methoxy groups -OCH3 is 1. The molecule has 0 aromatic heterocycles. The van der Waals surface area contributed by atoms with Gasteiger partial charge in [0.15, 0.2) is 0 Å². The Morgan fingerprint density at radius 1 is 1.14 bits per heavy atom. The molecule has 0 aliphatic heterocycles. The molecule has 2 rings (SSSR count). The van der Waals surface area contributed by atoms with Gasteiger partial charge in [-0.1, -0.05) is 19.3 Å². The molecular weight excluding hydrogens is 268 g/mol. The van der Waals surface area contributed by atoms with Crippen LogP contribution in [0.4, 0.5) is 5.69 Å². The molecule has 5 nitrogen and oxygen atoms in total. The smallest absolute Gasteiger partial charge is 0.337 e. The molecule has 1 aromatic rings. The lowest BCUT2D eigenvalue weighted by Gasteiger charge is -2.20. The third kappa shape index (κ3) is 4.04. The van der Waals surface area contributed by atoms with Gasteiger partial charge in [0, 0.05) is 11.7 Å². The van der Waals surface area contributed by atoms with Gasteiger partial charge in [-0.05, 0) is 37.1 Å². The Morgan fingerprint density at radius 3 is 2.48 bits per heavy atom. The van der Waals surface area contributed by atoms with Crippen LogP contribution in [-0.2, 0) is 9.53 Å². The summed E-state index contributed by atoms with van der Waals surface area (Å²) in [4.78, 5) is 23.7. The summed E-state index contributed by atoms with van der Waals surface area (Å²) in [5.41, 5.74) is 7.22. The normalized spacial score (nSPS) is 22.2. The number of hydrogen-bond acceptors (Lipinski definition) is 4. The monoisotopic (exact) mass is 290 g/mol. The van der Waals surface area contributed by atoms with Gasteiger partial charge >= 0.3 is 5.97 Å². The molecule has 3 N–H and O–H groups in total. The van der Waals surface area contributed by atoms with Crippen molar-refractivity contribution < 1.29 is 14.3 Å². The van der Waals surface area contributed by atoms with Crippen LogP contribution in [0.3, 0.4) is 0 Å².